The molecule has 0 saturated carbocycles. The molecule has 3 aromatic carbocycles. The molecule has 178 valence electrons. The number of aryl methyl sites for hydroxylation is 1. The highest BCUT2D eigenvalue weighted by molar-refractivity contribution is 7.19. The van der Waals surface area contributed by atoms with Gasteiger partial charge in [-0.15, -0.1) is 0 Å². The average Bonchev–Trinajstić information content (AvgIpc) is 3.33. The van der Waals surface area contributed by atoms with Gasteiger partial charge in [0.2, 0.25) is 0 Å². The van der Waals surface area contributed by atoms with Gasteiger partial charge in [0, 0.05) is 47.9 Å². The summed E-state index contributed by atoms with van der Waals surface area (Å²) in [5.41, 5.74) is 5.42. The standard InChI is InChI=1S/C29H29ClN4S/c1-3-33-17-19-34(20-18-33)27(23-11-9-21(2)10-12-23)32-29-26(22-7-5-4-6-8-22)31-28(35-29)24-13-15-25(30)16-14-24/h4-16H,3,17-20H2,1-2H3. The predicted molar refractivity (Wildman–Crippen MR) is 149 cm³/mol. The van der Waals surface area contributed by atoms with E-state index in [0.717, 1.165) is 76.0 Å². The van der Waals surface area contributed by atoms with E-state index in [2.05, 4.69) is 72.2 Å². The van der Waals surface area contributed by atoms with E-state index in [1.54, 1.807) is 11.3 Å². The molecule has 1 aliphatic heterocycles. The molecule has 4 aromatic rings. The molecule has 4 nitrogen and oxygen atoms in total. The molecule has 1 aromatic heterocycles. The molecule has 6 heteroatoms. The molecule has 5 rings (SSSR count). The Morgan fingerprint density at radius 1 is 0.886 bits per heavy atom. The second-order valence-corrected chi connectivity index (χ2v) is 10.2. The quantitative estimate of drug-likeness (QED) is 0.215. The fraction of sp³-hybridized carbons (Fsp3) is 0.241. The van der Waals surface area contributed by atoms with Crippen molar-refractivity contribution in [2.45, 2.75) is 13.8 Å². The number of hydrogen-bond acceptors (Lipinski definition) is 4. The van der Waals surface area contributed by atoms with Crippen LogP contribution in [0.15, 0.2) is 83.9 Å². The first-order chi connectivity index (χ1) is 17.1. The number of aromatic nitrogens is 1. The first-order valence-electron chi connectivity index (χ1n) is 12.1. The number of benzene rings is 3. The van der Waals surface area contributed by atoms with E-state index in [1.165, 1.54) is 5.56 Å². The monoisotopic (exact) mass is 500 g/mol. The molecule has 2 heterocycles. The lowest BCUT2D eigenvalue weighted by Gasteiger charge is -2.36. The Labute approximate surface area is 216 Å². The Hall–Kier alpha value is -2.99. The van der Waals surface area contributed by atoms with Crippen LogP contribution in [0.5, 0.6) is 0 Å². The topological polar surface area (TPSA) is 31.7 Å². The smallest absolute Gasteiger partial charge is 0.146 e. The van der Waals surface area contributed by atoms with Crippen molar-refractivity contribution in [3.8, 4) is 21.8 Å². The fourth-order valence-corrected chi connectivity index (χ4v) is 5.37. The highest BCUT2D eigenvalue weighted by atomic mass is 35.5. The number of likely N-dealkylation sites (N-methyl/N-ethyl adjacent to an activating group) is 1. The van der Waals surface area contributed by atoms with Crippen LogP contribution in [0.4, 0.5) is 5.00 Å². The van der Waals surface area contributed by atoms with Crippen molar-refractivity contribution in [1.82, 2.24) is 14.8 Å². The maximum Gasteiger partial charge on any atom is 0.146 e. The van der Waals surface area contributed by atoms with Gasteiger partial charge in [-0.25, -0.2) is 9.98 Å². The second-order valence-electron chi connectivity index (χ2n) is 8.77. The summed E-state index contributed by atoms with van der Waals surface area (Å²) in [5.74, 6) is 1.02. The summed E-state index contributed by atoms with van der Waals surface area (Å²) in [4.78, 5) is 15.3. The summed E-state index contributed by atoms with van der Waals surface area (Å²) >= 11 is 7.77. The largest absolute Gasteiger partial charge is 0.354 e. The molecule has 0 radical (unpaired) electrons. The Morgan fingerprint density at radius 2 is 1.57 bits per heavy atom. The number of thiazole rings is 1. The van der Waals surface area contributed by atoms with E-state index in [0.29, 0.717) is 0 Å². The van der Waals surface area contributed by atoms with Crippen LogP contribution in [0.25, 0.3) is 21.8 Å². The van der Waals surface area contributed by atoms with Gasteiger partial charge in [-0.2, -0.15) is 0 Å². The molecule has 1 fully saturated rings. The number of nitrogens with zero attached hydrogens (tertiary/aromatic N) is 4. The first-order valence-corrected chi connectivity index (χ1v) is 13.3. The van der Waals surface area contributed by atoms with E-state index in [4.69, 9.17) is 21.6 Å². The second kappa shape index (κ2) is 10.7. The van der Waals surface area contributed by atoms with Gasteiger partial charge >= 0.3 is 0 Å². The number of piperazine rings is 1. The van der Waals surface area contributed by atoms with E-state index >= 15 is 0 Å². The van der Waals surface area contributed by atoms with Gasteiger partial charge in [-0.05, 0) is 25.6 Å². The molecule has 0 N–H and O–H groups in total. The lowest BCUT2D eigenvalue weighted by molar-refractivity contribution is 0.190. The molecule has 0 atom stereocenters. The zero-order valence-corrected chi connectivity index (χ0v) is 21.7. The van der Waals surface area contributed by atoms with Crippen LogP contribution in [0, 0.1) is 6.92 Å². The van der Waals surface area contributed by atoms with Gasteiger partial charge in [0.1, 0.15) is 21.5 Å². The highest BCUT2D eigenvalue weighted by Crippen LogP contribution is 2.40. The average molecular weight is 501 g/mol. The van der Waals surface area contributed by atoms with Crippen molar-refractivity contribution < 1.29 is 0 Å². The summed E-state index contributed by atoms with van der Waals surface area (Å²) in [6.45, 7) is 9.45. The number of hydrogen-bond donors (Lipinski definition) is 0. The van der Waals surface area contributed by atoms with Crippen molar-refractivity contribution in [2.24, 2.45) is 4.99 Å². The van der Waals surface area contributed by atoms with Gasteiger partial charge in [-0.1, -0.05) is 102 Å². The maximum atomic E-state index is 6.14. The molecule has 0 amide bonds. The van der Waals surface area contributed by atoms with Crippen LogP contribution < -0.4 is 0 Å². The molecule has 0 aliphatic carbocycles. The van der Waals surface area contributed by atoms with E-state index < -0.39 is 0 Å². The van der Waals surface area contributed by atoms with Crippen molar-refractivity contribution >= 4 is 33.8 Å². The Bertz CT molecular complexity index is 1290. The molecule has 1 saturated heterocycles. The van der Waals surface area contributed by atoms with Crippen LogP contribution in [-0.4, -0.2) is 53.3 Å². The summed E-state index contributed by atoms with van der Waals surface area (Å²) in [5, 5.41) is 2.59. The molecule has 1 aliphatic rings. The molecular formula is C29H29ClN4S. The van der Waals surface area contributed by atoms with Crippen LogP contribution >= 0.6 is 22.9 Å². The van der Waals surface area contributed by atoms with Gasteiger partial charge in [0.05, 0.1) is 0 Å². The van der Waals surface area contributed by atoms with E-state index in [-0.39, 0.29) is 0 Å². The molecule has 0 bridgehead atoms. The lowest BCUT2D eigenvalue weighted by Crippen LogP contribution is -2.48. The minimum absolute atomic E-state index is 0.722. The molecule has 0 unspecified atom stereocenters. The number of aliphatic imine (C=N–C) groups is 1. The van der Waals surface area contributed by atoms with E-state index in [1.807, 2.05) is 30.3 Å². The minimum Gasteiger partial charge on any atom is -0.354 e. The number of halogens is 1. The van der Waals surface area contributed by atoms with Crippen molar-refractivity contribution in [3.63, 3.8) is 0 Å². The van der Waals surface area contributed by atoms with Gasteiger partial charge in [0.25, 0.3) is 0 Å². The number of rotatable bonds is 5. The predicted octanol–water partition coefficient (Wildman–Crippen LogP) is 7.15. The fourth-order valence-electron chi connectivity index (χ4n) is 4.28. The number of amidine groups is 1. The van der Waals surface area contributed by atoms with Gasteiger partial charge in [0.15, 0.2) is 0 Å². The summed E-state index contributed by atoms with van der Waals surface area (Å²) in [6.07, 6.45) is 0. The third-order valence-corrected chi connectivity index (χ3v) is 7.63. The van der Waals surface area contributed by atoms with Gasteiger partial charge in [-0.3, -0.25) is 0 Å². The van der Waals surface area contributed by atoms with Crippen molar-refractivity contribution in [3.05, 3.63) is 95.0 Å². The summed E-state index contributed by atoms with van der Waals surface area (Å²) in [6, 6.07) is 26.9. The van der Waals surface area contributed by atoms with Crippen LogP contribution in [0.2, 0.25) is 5.02 Å². The Balaban J connectivity index is 1.62. The van der Waals surface area contributed by atoms with Crippen LogP contribution in [0.3, 0.4) is 0 Å². The zero-order chi connectivity index (χ0) is 24.2. The Morgan fingerprint density at radius 3 is 2.23 bits per heavy atom. The van der Waals surface area contributed by atoms with E-state index in [9.17, 15) is 0 Å². The third-order valence-electron chi connectivity index (χ3n) is 6.38. The third kappa shape index (κ3) is 5.48. The highest BCUT2D eigenvalue weighted by Gasteiger charge is 2.22. The normalized spacial score (nSPS) is 14.9. The minimum atomic E-state index is 0.722. The lowest BCUT2D eigenvalue weighted by atomic mass is 10.1. The zero-order valence-electron chi connectivity index (χ0n) is 20.1. The van der Waals surface area contributed by atoms with Gasteiger partial charge < -0.3 is 9.80 Å². The van der Waals surface area contributed by atoms with Crippen molar-refractivity contribution in [1.29, 1.82) is 0 Å². The summed E-state index contributed by atoms with van der Waals surface area (Å²) < 4.78 is 0. The van der Waals surface area contributed by atoms with Crippen LogP contribution in [0.1, 0.15) is 18.1 Å². The SMILES string of the molecule is CCN1CCN(C(=Nc2sc(-c3ccc(Cl)cc3)nc2-c2ccccc2)c2ccc(C)cc2)CC1. The van der Waals surface area contributed by atoms with Crippen molar-refractivity contribution in [2.75, 3.05) is 32.7 Å². The Kier molecular flexibility index (Phi) is 7.28. The molecular weight excluding hydrogens is 472 g/mol. The first kappa shape index (κ1) is 23.7. The summed E-state index contributed by atoms with van der Waals surface area (Å²) in [7, 11) is 0. The maximum absolute atomic E-state index is 6.14. The molecule has 35 heavy (non-hydrogen) atoms. The molecule has 0 spiro atoms. The van der Waals surface area contributed by atoms with Crippen LogP contribution in [-0.2, 0) is 0 Å².